The first-order valence-corrected chi connectivity index (χ1v) is 23.2. The van der Waals surface area contributed by atoms with Crippen molar-refractivity contribution in [3.8, 4) is 0 Å². The Morgan fingerprint density at radius 2 is 0.891 bits per heavy atom. The first kappa shape index (κ1) is 53.3. The molecule has 0 bridgehead atoms. The molecule has 0 heterocycles. The van der Waals surface area contributed by atoms with E-state index in [9.17, 15) is 14.7 Å². The fourth-order valence-corrected chi connectivity index (χ4v) is 6.46. The molecule has 0 aliphatic heterocycles. The Balaban J connectivity index is 4.05. The molecule has 0 aliphatic carbocycles. The van der Waals surface area contributed by atoms with E-state index < -0.39 is 6.29 Å². The van der Waals surface area contributed by atoms with Crippen LogP contribution in [0.3, 0.4) is 0 Å². The normalized spacial score (nSPS) is 11.9. The molecule has 55 heavy (non-hydrogen) atoms. The Morgan fingerprint density at radius 1 is 0.473 bits per heavy atom. The van der Waals surface area contributed by atoms with E-state index in [-0.39, 0.29) is 18.5 Å². The van der Waals surface area contributed by atoms with Gasteiger partial charge >= 0.3 is 11.9 Å². The number of carbonyl (C=O) groups is 2. The molecule has 0 saturated carbocycles. The van der Waals surface area contributed by atoms with Crippen molar-refractivity contribution in [1.29, 1.82) is 0 Å². The summed E-state index contributed by atoms with van der Waals surface area (Å²) in [6, 6.07) is 0. The van der Waals surface area contributed by atoms with Crippen molar-refractivity contribution in [2.24, 2.45) is 0 Å². The van der Waals surface area contributed by atoms with E-state index in [4.69, 9.17) is 18.9 Å². The summed E-state index contributed by atoms with van der Waals surface area (Å²) in [5.74, 6) is -0.228. The number of nitrogens with zero attached hydrogens (tertiary/aromatic N) is 1. The fraction of sp³-hybridized carbons (Fsp3) is 0.872. The van der Waals surface area contributed by atoms with Crippen molar-refractivity contribution in [1.82, 2.24) is 4.90 Å². The summed E-state index contributed by atoms with van der Waals surface area (Å²) in [5, 5.41) is 9.54. The number of unbranched alkanes of at least 4 members (excludes halogenated alkanes) is 19. The molecule has 8 heteroatoms. The summed E-state index contributed by atoms with van der Waals surface area (Å²) in [4.78, 5) is 26.8. The second-order valence-electron chi connectivity index (χ2n) is 15.3. The van der Waals surface area contributed by atoms with Crippen LogP contribution in [0.1, 0.15) is 207 Å². The average Bonchev–Trinajstić information content (AvgIpc) is 3.18. The highest BCUT2D eigenvalue weighted by atomic mass is 16.7. The molecule has 8 nitrogen and oxygen atoms in total. The largest absolute Gasteiger partial charge is 0.466 e. The maximum atomic E-state index is 12.5. The monoisotopic (exact) mass is 780 g/mol. The molecule has 0 aromatic heterocycles. The molecule has 0 rings (SSSR count). The quantitative estimate of drug-likeness (QED) is 0.0283. The molecular formula is C47H89NO7. The van der Waals surface area contributed by atoms with Crippen molar-refractivity contribution < 1.29 is 33.6 Å². The molecule has 1 N–H and O–H groups in total. The number of carbonyl (C=O) groups excluding carboxylic acids is 2. The van der Waals surface area contributed by atoms with E-state index in [0.717, 1.165) is 109 Å². The van der Waals surface area contributed by atoms with Crippen LogP contribution in [0, 0.1) is 0 Å². The highest BCUT2D eigenvalue weighted by molar-refractivity contribution is 5.69. The maximum absolute atomic E-state index is 12.5. The van der Waals surface area contributed by atoms with Gasteiger partial charge in [0.15, 0.2) is 6.29 Å². The first-order valence-electron chi connectivity index (χ1n) is 23.2. The number of esters is 2. The third kappa shape index (κ3) is 41.7. The minimum absolute atomic E-state index is 0.0443. The van der Waals surface area contributed by atoms with Crippen LogP contribution >= 0.6 is 0 Å². The molecule has 0 aliphatic rings. The lowest BCUT2D eigenvalue weighted by atomic mass is 10.1. The summed E-state index contributed by atoms with van der Waals surface area (Å²) in [6.45, 7) is 11.8. The van der Waals surface area contributed by atoms with Crippen LogP contribution in [-0.4, -0.2) is 80.9 Å². The predicted molar refractivity (Wildman–Crippen MR) is 230 cm³/mol. The first-order chi connectivity index (χ1) is 27.1. The van der Waals surface area contributed by atoms with Crippen LogP contribution in [0.4, 0.5) is 0 Å². The van der Waals surface area contributed by atoms with E-state index >= 15 is 0 Å². The zero-order valence-corrected chi connectivity index (χ0v) is 36.4. The Bertz CT molecular complexity index is 838. The van der Waals surface area contributed by atoms with E-state index in [0.29, 0.717) is 52.2 Å². The smallest absolute Gasteiger partial charge is 0.305 e. The molecule has 0 fully saturated rings. The molecule has 0 aromatic carbocycles. The molecule has 0 unspecified atom stereocenters. The van der Waals surface area contributed by atoms with Crippen LogP contribution in [-0.2, 0) is 28.5 Å². The Morgan fingerprint density at radius 3 is 1.40 bits per heavy atom. The SMILES string of the molecule is CCCCC/C=C\CCOC(CCC(=O)OCCCCCCN(CCO)CCCCCCCC(=O)OCCCCCCCCC)OCC/C=C\CCCCC. The summed E-state index contributed by atoms with van der Waals surface area (Å²) in [7, 11) is 0. The van der Waals surface area contributed by atoms with Crippen LogP contribution in [0.15, 0.2) is 24.3 Å². The number of aliphatic hydroxyl groups excluding tert-OH is 1. The van der Waals surface area contributed by atoms with Crippen LogP contribution in [0.2, 0.25) is 0 Å². The van der Waals surface area contributed by atoms with Gasteiger partial charge < -0.3 is 29.0 Å². The van der Waals surface area contributed by atoms with Gasteiger partial charge in [-0.2, -0.15) is 0 Å². The van der Waals surface area contributed by atoms with Crippen LogP contribution < -0.4 is 0 Å². The van der Waals surface area contributed by atoms with Gasteiger partial charge in [0.25, 0.3) is 0 Å². The summed E-state index contributed by atoms with van der Waals surface area (Å²) in [6.07, 6.45) is 39.3. The molecule has 0 amide bonds. The molecule has 324 valence electrons. The Kier molecular flexibility index (Phi) is 43.5. The van der Waals surface area contributed by atoms with Gasteiger partial charge in [-0.3, -0.25) is 9.59 Å². The summed E-state index contributed by atoms with van der Waals surface area (Å²) < 4.78 is 23.0. The Hall–Kier alpha value is -1.74. The standard InChI is InChI=1S/C47H89NO7/c1-4-7-10-13-16-23-30-41-52-45(50)34-27-20-19-21-28-37-48(39-40-49)38-29-22-26-31-42-53-46(51)35-36-47(54-43-32-24-17-14-11-8-5-2)55-44-33-25-18-15-12-9-6-3/h17-18,24-25,47,49H,4-16,19-23,26-44H2,1-3H3/b24-17-,25-18-. The van der Waals surface area contributed by atoms with E-state index in [2.05, 4.69) is 50.0 Å². The lowest BCUT2D eigenvalue weighted by Crippen LogP contribution is -2.29. The van der Waals surface area contributed by atoms with Crippen LogP contribution in [0.5, 0.6) is 0 Å². The zero-order chi connectivity index (χ0) is 40.1. The summed E-state index contributed by atoms with van der Waals surface area (Å²) >= 11 is 0. The second kappa shape index (κ2) is 45.0. The van der Waals surface area contributed by atoms with Gasteiger partial charge in [-0.25, -0.2) is 0 Å². The van der Waals surface area contributed by atoms with Crippen molar-refractivity contribution in [2.75, 3.05) is 52.7 Å². The molecule has 0 spiro atoms. The van der Waals surface area contributed by atoms with E-state index in [1.165, 1.54) is 70.6 Å². The Labute approximate surface area is 339 Å². The van der Waals surface area contributed by atoms with Crippen molar-refractivity contribution in [3.05, 3.63) is 24.3 Å². The van der Waals surface area contributed by atoms with Gasteiger partial charge in [0.2, 0.25) is 0 Å². The average molecular weight is 780 g/mol. The lowest BCUT2D eigenvalue weighted by molar-refractivity contribution is -0.158. The van der Waals surface area contributed by atoms with Gasteiger partial charge in [-0.05, 0) is 83.7 Å². The third-order valence-corrected chi connectivity index (χ3v) is 9.96. The zero-order valence-electron chi connectivity index (χ0n) is 36.4. The molecule has 0 atom stereocenters. The van der Waals surface area contributed by atoms with Crippen LogP contribution in [0.25, 0.3) is 0 Å². The number of hydrogen-bond acceptors (Lipinski definition) is 8. The number of rotatable bonds is 44. The minimum atomic E-state index is -0.392. The number of aliphatic hydroxyl groups is 1. The van der Waals surface area contributed by atoms with E-state index in [1.54, 1.807) is 0 Å². The minimum Gasteiger partial charge on any atom is -0.466 e. The van der Waals surface area contributed by atoms with Gasteiger partial charge in [0.1, 0.15) is 0 Å². The van der Waals surface area contributed by atoms with Gasteiger partial charge in [0, 0.05) is 19.4 Å². The van der Waals surface area contributed by atoms with E-state index in [1.807, 2.05) is 0 Å². The van der Waals surface area contributed by atoms with Crippen molar-refractivity contribution in [2.45, 2.75) is 213 Å². The molecule has 0 aromatic rings. The molecule has 0 radical (unpaired) electrons. The fourth-order valence-electron chi connectivity index (χ4n) is 6.46. The number of ether oxygens (including phenoxy) is 4. The second-order valence-corrected chi connectivity index (χ2v) is 15.3. The topological polar surface area (TPSA) is 94.5 Å². The molecule has 0 saturated heterocycles. The lowest BCUT2D eigenvalue weighted by Gasteiger charge is -2.21. The highest BCUT2D eigenvalue weighted by Crippen LogP contribution is 2.12. The van der Waals surface area contributed by atoms with Crippen molar-refractivity contribution >= 4 is 11.9 Å². The predicted octanol–water partition coefficient (Wildman–Crippen LogP) is 12.2. The van der Waals surface area contributed by atoms with Gasteiger partial charge in [-0.1, -0.05) is 141 Å². The number of allylic oxidation sites excluding steroid dienone is 2. The number of hydrogen-bond donors (Lipinski definition) is 1. The third-order valence-electron chi connectivity index (χ3n) is 9.96. The maximum Gasteiger partial charge on any atom is 0.305 e. The summed E-state index contributed by atoms with van der Waals surface area (Å²) in [5.41, 5.74) is 0. The highest BCUT2D eigenvalue weighted by Gasteiger charge is 2.13. The molecular weight excluding hydrogens is 691 g/mol. The van der Waals surface area contributed by atoms with Crippen molar-refractivity contribution in [3.63, 3.8) is 0 Å². The van der Waals surface area contributed by atoms with Gasteiger partial charge in [-0.15, -0.1) is 0 Å². The van der Waals surface area contributed by atoms with Gasteiger partial charge in [0.05, 0.1) is 39.5 Å².